The first-order valence-corrected chi connectivity index (χ1v) is 6.21. The van der Waals surface area contributed by atoms with Crippen LogP contribution in [0.4, 0.5) is 0 Å². The molecule has 0 aliphatic rings. The molecule has 2 rings (SSSR count). The Hall–Kier alpha value is -1.64. The average Bonchev–Trinajstić information content (AvgIpc) is 2.39. The van der Waals surface area contributed by atoms with Crippen LogP contribution in [-0.4, -0.2) is 11.2 Å². The van der Waals surface area contributed by atoms with Crippen molar-refractivity contribution in [3.05, 3.63) is 71.3 Å². The summed E-state index contributed by atoms with van der Waals surface area (Å²) in [6.45, 7) is 2.02. The summed E-state index contributed by atoms with van der Waals surface area (Å²) in [6, 6.07) is 17.5. The fourth-order valence-corrected chi connectivity index (χ4v) is 2.15. The Labute approximate surface area is 108 Å². The van der Waals surface area contributed by atoms with Crippen molar-refractivity contribution in [3.63, 3.8) is 0 Å². The van der Waals surface area contributed by atoms with E-state index < -0.39 is 6.10 Å². The van der Waals surface area contributed by atoms with Gasteiger partial charge in [0.05, 0.1) is 12.1 Å². The Morgan fingerprint density at radius 3 is 2.28 bits per heavy atom. The van der Waals surface area contributed by atoms with Crippen LogP contribution in [0.1, 0.15) is 22.7 Å². The van der Waals surface area contributed by atoms with Gasteiger partial charge < -0.3 is 10.8 Å². The fraction of sp³-hybridized carbons (Fsp3) is 0.250. The number of rotatable bonds is 4. The predicted molar refractivity (Wildman–Crippen MR) is 74.3 cm³/mol. The highest BCUT2D eigenvalue weighted by molar-refractivity contribution is 5.29. The van der Waals surface area contributed by atoms with Crippen LogP contribution in [0.3, 0.4) is 0 Å². The van der Waals surface area contributed by atoms with Crippen LogP contribution in [0.15, 0.2) is 54.6 Å². The van der Waals surface area contributed by atoms with Crippen LogP contribution in [-0.2, 0) is 6.42 Å². The van der Waals surface area contributed by atoms with E-state index >= 15 is 0 Å². The summed E-state index contributed by atoms with van der Waals surface area (Å²) < 4.78 is 0. The first-order chi connectivity index (χ1) is 8.68. The lowest BCUT2D eigenvalue weighted by Gasteiger charge is -2.21. The third-order valence-electron chi connectivity index (χ3n) is 3.25. The van der Waals surface area contributed by atoms with E-state index in [4.69, 9.17) is 5.73 Å². The second-order valence-corrected chi connectivity index (χ2v) is 4.64. The highest BCUT2D eigenvalue weighted by atomic mass is 16.3. The third kappa shape index (κ3) is 2.97. The Bertz CT molecular complexity index is 495. The monoisotopic (exact) mass is 241 g/mol. The molecule has 0 aliphatic heterocycles. The van der Waals surface area contributed by atoms with E-state index in [1.807, 2.05) is 61.5 Å². The molecule has 0 fully saturated rings. The lowest BCUT2D eigenvalue weighted by Crippen LogP contribution is -2.28. The predicted octanol–water partition coefficient (Wildman–Crippen LogP) is 2.60. The molecule has 0 heterocycles. The molecule has 2 aromatic rings. The molecule has 0 saturated carbocycles. The molecule has 2 heteroatoms. The van der Waals surface area contributed by atoms with Crippen molar-refractivity contribution in [3.8, 4) is 0 Å². The molecule has 2 nitrogen and oxygen atoms in total. The molecule has 0 radical (unpaired) electrons. The molecule has 2 atom stereocenters. The highest BCUT2D eigenvalue weighted by Crippen LogP contribution is 2.20. The van der Waals surface area contributed by atoms with Crippen LogP contribution < -0.4 is 5.73 Å². The van der Waals surface area contributed by atoms with Crippen molar-refractivity contribution in [2.75, 3.05) is 0 Å². The van der Waals surface area contributed by atoms with Gasteiger partial charge in [-0.3, -0.25) is 0 Å². The standard InChI is InChI=1S/C16H19NO/c1-12-7-5-6-10-14(12)16(17)15(18)11-13-8-3-2-4-9-13/h2-10,15-16,18H,11,17H2,1H3/t15-,16+/m0/s1. The lowest BCUT2D eigenvalue weighted by atomic mass is 9.94. The molecular weight excluding hydrogens is 222 g/mol. The maximum atomic E-state index is 10.2. The zero-order valence-electron chi connectivity index (χ0n) is 10.6. The summed E-state index contributed by atoms with van der Waals surface area (Å²) in [5.41, 5.74) is 9.38. The third-order valence-corrected chi connectivity index (χ3v) is 3.25. The van der Waals surface area contributed by atoms with Gasteiger partial charge >= 0.3 is 0 Å². The topological polar surface area (TPSA) is 46.2 Å². The molecule has 0 saturated heterocycles. The van der Waals surface area contributed by atoms with E-state index in [0.717, 1.165) is 16.7 Å². The zero-order valence-corrected chi connectivity index (χ0v) is 10.6. The molecule has 94 valence electrons. The largest absolute Gasteiger partial charge is 0.391 e. The number of aliphatic hydroxyl groups is 1. The van der Waals surface area contributed by atoms with E-state index in [1.54, 1.807) is 0 Å². The molecule has 0 unspecified atom stereocenters. The minimum absolute atomic E-state index is 0.341. The van der Waals surface area contributed by atoms with Gasteiger partial charge in [-0.1, -0.05) is 54.6 Å². The number of hydrogen-bond donors (Lipinski definition) is 2. The van der Waals surface area contributed by atoms with E-state index in [9.17, 15) is 5.11 Å². The Kier molecular flexibility index (Phi) is 4.13. The van der Waals surface area contributed by atoms with Crippen molar-refractivity contribution in [1.29, 1.82) is 0 Å². The van der Waals surface area contributed by atoms with Gasteiger partial charge in [-0.15, -0.1) is 0 Å². The smallest absolute Gasteiger partial charge is 0.0773 e. The van der Waals surface area contributed by atoms with Crippen molar-refractivity contribution in [2.24, 2.45) is 5.73 Å². The Balaban J connectivity index is 2.10. The maximum absolute atomic E-state index is 10.2. The molecule has 0 amide bonds. The summed E-state index contributed by atoms with van der Waals surface area (Å²) in [6.07, 6.45) is 0.0181. The number of aryl methyl sites for hydroxylation is 1. The van der Waals surface area contributed by atoms with Crippen LogP contribution in [0, 0.1) is 6.92 Å². The van der Waals surface area contributed by atoms with Gasteiger partial charge in [-0.05, 0) is 23.6 Å². The fourth-order valence-electron chi connectivity index (χ4n) is 2.15. The Morgan fingerprint density at radius 2 is 1.61 bits per heavy atom. The molecule has 0 aliphatic carbocycles. The summed E-state index contributed by atoms with van der Waals surface area (Å²) >= 11 is 0. The van der Waals surface area contributed by atoms with Gasteiger partial charge in [-0.2, -0.15) is 0 Å². The van der Waals surface area contributed by atoms with Gasteiger partial charge in [0.25, 0.3) is 0 Å². The first kappa shape index (κ1) is 12.8. The lowest BCUT2D eigenvalue weighted by molar-refractivity contribution is 0.145. The van der Waals surface area contributed by atoms with Crippen LogP contribution in [0.5, 0.6) is 0 Å². The van der Waals surface area contributed by atoms with E-state index in [1.165, 1.54) is 0 Å². The highest BCUT2D eigenvalue weighted by Gasteiger charge is 2.18. The van der Waals surface area contributed by atoms with Gasteiger partial charge in [0.2, 0.25) is 0 Å². The van der Waals surface area contributed by atoms with Crippen molar-refractivity contribution in [2.45, 2.75) is 25.5 Å². The maximum Gasteiger partial charge on any atom is 0.0773 e. The van der Waals surface area contributed by atoms with Gasteiger partial charge in [0.1, 0.15) is 0 Å². The summed E-state index contributed by atoms with van der Waals surface area (Å²) in [5, 5.41) is 10.2. The Morgan fingerprint density at radius 1 is 1.00 bits per heavy atom. The molecular formula is C16H19NO. The molecule has 0 bridgehead atoms. The summed E-state index contributed by atoms with van der Waals surface area (Å²) in [7, 11) is 0. The summed E-state index contributed by atoms with van der Waals surface area (Å²) in [4.78, 5) is 0. The van der Waals surface area contributed by atoms with Gasteiger partial charge in [0.15, 0.2) is 0 Å². The number of hydrogen-bond acceptors (Lipinski definition) is 2. The van der Waals surface area contributed by atoms with E-state index in [-0.39, 0.29) is 6.04 Å². The average molecular weight is 241 g/mol. The molecule has 18 heavy (non-hydrogen) atoms. The van der Waals surface area contributed by atoms with Gasteiger partial charge in [0, 0.05) is 6.42 Å². The van der Waals surface area contributed by atoms with Crippen molar-refractivity contribution >= 4 is 0 Å². The first-order valence-electron chi connectivity index (χ1n) is 6.21. The normalized spacial score (nSPS) is 14.2. The van der Waals surface area contributed by atoms with Crippen LogP contribution >= 0.6 is 0 Å². The SMILES string of the molecule is Cc1ccccc1[C@@H](N)[C@@H](O)Cc1ccccc1. The van der Waals surface area contributed by atoms with Crippen LogP contribution in [0.2, 0.25) is 0 Å². The number of nitrogens with two attached hydrogens (primary N) is 1. The van der Waals surface area contributed by atoms with Crippen LogP contribution in [0.25, 0.3) is 0 Å². The second kappa shape index (κ2) is 5.80. The molecule has 0 aromatic heterocycles. The number of benzene rings is 2. The minimum Gasteiger partial charge on any atom is -0.391 e. The van der Waals surface area contributed by atoms with Crippen molar-refractivity contribution in [1.82, 2.24) is 0 Å². The van der Waals surface area contributed by atoms with E-state index in [2.05, 4.69) is 0 Å². The second-order valence-electron chi connectivity index (χ2n) is 4.64. The van der Waals surface area contributed by atoms with Gasteiger partial charge in [-0.25, -0.2) is 0 Å². The van der Waals surface area contributed by atoms with E-state index in [0.29, 0.717) is 6.42 Å². The minimum atomic E-state index is -0.562. The molecule has 0 spiro atoms. The summed E-state index contributed by atoms with van der Waals surface area (Å²) in [5.74, 6) is 0. The number of aliphatic hydroxyl groups excluding tert-OH is 1. The molecule has 2 aromatic carbocycles. The van der Waals surface area contributed by atoms with Crippen molar-refractivity contribution < 1.29 is 5.11 Å². The zero-order chi connectivity index (χ0) is 13.0. The quantitative estimate of drug-likeness (QED) is 0.864. The molecule has 3 N–H and O–H groups in total.